The number of barbiturate groups is 1. The molecule has 0 spiro atoms. The number of nitrogens with one attached hydrogen (secondary N) is 1. The molecule has 126 valence electrons. The molecule has 0 radical (unpaired) electrons. The number of methoxy groups -OCH3 is 1. The van der Waals surface area contributed by atoms with Crippen LogP contribution in [-0.4, -0.2) is 30.1 Å². The zero-order valence-electron chi connectivity index (χ0n) is 13.2. The van der Waals surface area contributed by atoms with Gasteiger partial charge in [0.05, 0.1) is 12.8 Å². The summed E-state index contributed by atoms with van der Waals surface area (Å²) in [6, 6.07) is 11.6. The van der Waals surface area contributed by atoms with E-state index in [1.165, 1.54) is 31.4 Å². The Hall–Kier alpha value is -3.61. The SMILES string of the molecule is COc1cccc(N2C(=O)NC(=O)C(=Cc3cccc(O)c3)C2=O)c1. The number of hydrogen-bond acceptors (Lipinski definition) is 5. The van der Waals surface area contributed by atoms with Crippen molar-refractivity contribution in [2.24, 2.45) is 0 Å². The summed E-state index contributed by atoms with van der Waals surface area (Å²) in [6.45, 7) is 0. The molecule has 0 aromatic heterocycles. The number of anilines is 1. The first-order valence-electron chi connectivity index (χ1n) is 7.34. The maximum absolute atomic E-state index is 12.7. The zero-order valence-corrected chi connectivity index (χ0v) is 13.2. The van der Waals surface area contributed by atoms with Gasteiger partial charge in [-0.1, -0.05) is 18.2 Å². The lowest BCUT2D eigenvalue weighted by atomic mass is 10.1. The molecule has 3 rings (SSSR count). The Morgan fingerprint density at radius 3 is 2.56 bits per heavy atom. The number of nitrogens with zero attached hydrogens (tertiary/aromatic N) is 1. The average molecular weight is 338 g/mol. The van der Waals surface area contributed by atoms with Gasteiger partial charge < -0.3 is 9.84 Å². The number of benzene rings is 2. The maximum atomic E-state index is 12.7. The quantitative estimate of drug-likeness (QED) is 0.660. The van der Waals surface area contributed by atoms with Crippen LogP contribution in [0.3, 0.4) is 0 Å². The number of phenols is 1. The molecule has 0 aliphatic carbocycles. The third-order valence-corrected chi connectivity index (χ3v) is 3.59. The summed E-state index contributed by atoms with van der Waals surface area (Å²) in [4.78, 5) is 37.8. The number of hydrogen-bond donors (Lipinski definition) is 2. The molecule has 7 nitrogen and oxygen atoms in total. The fourth-order valence-corrected chi connectivity index (χ4v) is 2.42. The van der Waals surface area contributed by atoms with E-state index >= 15 is 0 Å². The van der Waals surface area contributed by atoms with Gasteiger partial charge in [-0.05, 0) is 35.9 Å². The van der Waals surface area contributed by atoms with E-state index in [9.17, 15) is 19.5 Å². The van der Waals surface area contributed by atoms with Crippen LogP contribution in [-0.2, 0) is 9.59 Å². The Bertz CT molecular complexity index is 904. The van der Waals surface area contributed by atoms with E-state index in [4.69, 9.17) is 4.74 Å². The number of carbonyl (C=O) groups is 3. The molecule has 0 atom stereocenters. The third-order valence-electron chi connectivity index (χ3n) is 3.59. The molecule has 2 aromatic rings. The van der Waals surface area contributed by atoms with Crippen molar-refractivity contribution in [3.05, 3.63) is 59.7 Å². The summed E-state index contributed by atoms with van der Waals surface area (Å²) >= 11 is 0. The van der Waals surface area contributed by atoms with Crippen molar-refractivity contribution in [1.82, 2.24) is 5.32 Å². The van der Waals surface area contributed by atoms with Gasteiger partial charge in [0, 0.05) is 6.07 Å². The van der Waals surface area contributed by atoms with Crippen LogP contribution in [0.4, 0.5) is 10.5 Å². The molecule has 4 amide bonds. The molecule has 1 fully saturated rings. The van der Waals surface area contributed by atoms with E-state index in [1.807, 2.05) is 0 Å². The highest BCUT2D eigenvalue weighted by molar-refractivity contribution is 6.39. The summed E-state index contributed by atoms with van der Waals surface area (Å²) in [5.74, 6) is -1.09. The van der Waals surface area contributed by atoms with Crippen LogP contribution in [0.15, 0.2) is 54.1 Å². The summed E-state index contributed by atoms with van der Waals surface area (Å²) < 4.78 is 5.09. The minimum absolute atomic E-state index is 0.00116. The Morgan fingerprint density at radius 1 is 1.08 bits per heavy atom. The lowest BCUT2D eigenvalue weighted by Crippen LogP contribution is -2.54. The predicted octanol–water partition coefficient (Wildman–Crippen LogP) is 2.07. The van der Waals surface area contributed by atoms with Gasteiger partial charge in [0.2, 0.25) is 0 Å². The number of amides is 4. The fraction of sp³-hybridized carbons (Fsp3) is 0.0556. The van der Waals surface area contributed by atoms with Crippen LogP contribution in [0.1, 0.15) is 5.56 Å². The number of ether oxygens (including phenoxy) is 1. The molecule has 0 saturated carbocycles. The largest absolute Gasteiger partial charge is 0.508 e. The first-order valence-corrected chi connectivity index (χ1v) is 7.34. The van der Waals surface area contributed by atoms with Crippen LogP contribution >= 0.6 is 0 Å². The van der Waals surface area contributed by atoms with E-state index in [0.717, 1.165) is 4.90 Å². The normalized spacial score (nSPS) is 16.1. The highest BCUT2D eigenvalue weighted by Gasteiger charge is 2.36. The molecule has 1 aliphatic heterocycles. The highest BCUT2D eigenvalue weighted by atomic mass is 16.5. The highest BCUT2D eigenvalue weighted by Crippen LogP contribution is 2.25. The van der Waals surface area contributed by atoms with Crippen LogP contribution in [0.5, 0.6) is 11.5 Å². The van der Waals surface area contributed by atoms with Gasteiger partial charge in [-0.15, -0.1) is 0 Å². The molecule has 7 heteroatoms. The first kappa shape index (κ1) is 16.3. The van der Waals surface area contributed by atoms with Gasteiger partial charge >= 0.3 is 6.03 Å². The number of rotatable bonds is 3. The summed E-state index contributed by atoms with van der Waals surface area (Å²) in [5, 5.41) is 11.6. The van der Waals surface area contributed by atoms with Crippen LogP contribution in [0.25, 0.3) is 6.08 Å². The van der Waals surface area contributed by atoms with E-state index in [2.05, 4.69) is 5.32 Å². The number of aromatic hydroxyl groups is 1. The second-order valence-corrected chi connectivity index (χ2v) is 5.25. The van der Waals surface area contributed by atoms with Gasteiger partial charge in [-0.3, -0.25) is 14.9 Å². The molecule has 1 heterocycles. The standard InChI is InChI=1S/C18H14N2O5/c1-25-14-7-3-5-12(10-14)20-17(23)15(16(22)19-18(20)24)9-11-4-2-6-13(21)8-11/h2-10,21H,1H3,(H,19,22,24). The smallest absolute Gasteiger partial charge is 0.335 e. The van der Waals surface area contributed by atoms with Gasteiger partial charge in [-0.2, -0.15) is 0 Å². The number of carbonyl (C=O) groups excluding carboxylic acids is 3. The summed E-state index contributed by atoms with van der Waals surface area (Å²) in [5.41, 5.74) is 0.516. The van der Waals surface area contributed by atoms with Crippen molar-refractivity contribution < 1.29 is 24.2 Å². The van der Waals surface area contributed by atoms with Crippen LogP contribution in [0, 0.1) is 0 Å². The Kier molecular flexibility index (Phi) is 4.21. The molecule has 1 aliphatic rings. The van der Waals surface area contributed by atoms with Gasteiger partial charge in [0.1, 0.15) is 17.1 Å². The third kappa shape index (κ3) is 3.20. The molecule has 0 bridgehead atoms. The molecule has 2 aromatic carbocycles. The molecule has 0 unspecified atom stereocenters. The van der Waals surface area contributed by atoms with Crippen molar-refractivity contribution in [3.63, 3.8) is 0 Å². The Morgan fingerprint density at radius 2 is 1.84 bits per heavy atom. The second-order valence-electron chi connectivity index (χ2n) is 5.25. The minimum Gasteiger partial charge on any atom is -0.508 e. The van der Waals surface area contributed by atoms with Crippen molar-refractivity contribution in [3.8, 4) is 11.5 Å². The van der Waals surface area contributed by atoms with Gasteiger partial charge in [0.25, 0.3) is 11.8 Å². The van der Waals surface area contributed by atoms with E-state index in [0.29, 0.717) is 11.3 Å². The number of phenolic OH excluding ortho intramolecular Hbond substituents is 1. The molecule has 2 N–H and O–H groups in total. The van der Waals surface area contributed by atoms with Crippen molar-refractivity contribution >= 4 is 29.6 Å². The number of imide groups is 2. The van der Waals surface area contributed by atoms with Crippen molar-refractivity contribution in [2.45, 2.75) is 0 Å². The van der Waals surface area contributed by atoms with E-state index < -0.39 is 17.8 Å². The maximum Gasteiger partial charge on any atom is 0.335 e. The first-order chi connectivity index (χ1) is 12.0. The Balaban J connectivity index is 2.02. The van der Waals surface area contributed by atoms with Crippen LogP contribution < -0.4 is 15.0 Å². The van der Waals surface area contributed by atoms with Crippen molar-refractivity contribution in [2.75, 3.05) is 12.0 Å². The van der Waals surface area contributed by atoms with Gasteiger partial charge in [-0.25, -0.2) is 9.69 Å². The lowest BCUT2D eigenvalue weighted by molar-refractivity contribution is -0.122. The molecular weight excluding hydrogens is 324 g/mol. The molecular formula is C18H14N2O5. The summed E-state index contributed by atoms with van der Waals surface area (Å²) in [6.07, 6.45) is 1.32. The molecule has 25 heavy (non-hydrogen) atoms. The van der Waals surface area contributed by atoms with Crippen LogP contribution in [0.2, 0.25) is 0 Å². The average Bonchev–Trinajstić information content (AvgIpc) is 2.59. The number of urea groups is 1. The summed E-state index contributed by atoms with van der Waals surface area (Å²) in [7, 11) is 1.47. The fourth-order valence-electron chi connectivity index (χ4n) is 2.42. The minimum atomic E-state index is -0.837. The Labute approximate surface area is 143 Å². The zero-order chi connectivity index (χ0) is 18.0. The predicted molar refractivity (Wildman–Crippen MR) is 90.1 cm³/mol. The topological polar surface area (TPSA) is 95.9 Å². The van der Waals surface area contributed by atoms with E-state index in [1.54, 1.807) is 30.3 Å². The van der Waals surface area contributed by atoms with Crippen molar-refractivity contribution in [1.29, 1.82) is 0 Å². The monoisotopic (exact) mass is 338 g/mol. The lowest BCUT2D eigenvalue weighted by Gasteiger charge is -2.26. The van der Waals surface area contributed by atoms with E-state index in [-0.39, 0.29) is 17.0 Å². The second kappa shape index (κ2) is 6.48. The van der Waals surface area contributed by atoms with Gasteiger partial charge in [0.15, 0.2) is 0 Å². The molecule has 1 saturated heterocycles.